The lowest BCUT2D eigenvalue weighted by atomic mass is 10.0. The van der Waals surface area contributed by atoms with E-state index in [1.54, 1.807) is 0 Å². The number of nitrogens with zero attached hydrogens (tertiary/aromatic N) is 2. The van der Waals surface area contributed by atoms with Crippen LogP contribution in [0.5, 0.6) is 0 Å². The Morgan fingerprint density at radius 2 is 1.36 bits per heavy atom. The minimum absolute atomic E-state index is 0.385. The van der Waals surface area contributed by atoms with Gasteiger partial charge in [0.2, 0.25) is 0 Å². The number of hydrazone groups is 1. The molecule has 3 aromatic rings. The first kappa shape index (κ1) is 19.3. The molecular formula is C23H24N4O. The number of hydrogen-bond donors (Lipinski definition) is 2. The molecule has 3 aromatic carbocycles. The van der Waals surface area contributed by atoms with Gasteiger partial charge < -0.3 is 10.2 Å². The third kappa shape index (κ3) is 5.53. The van der Waals surface area contributed by atoms with E-state index >= 15 is 0 Å². The molecule has 0 aliphatic heterocycles. The zero-order valence-corrected chi connectivity index (χ0v) is 16.1. The molecule has 0 aromatic heterocycles. The number of amides is 2. The summed E-state index contributed by atoms with van der Waals surface area (Å²) in [6.07, 6.45) is 0. The summed E-state index contributed by atoms with van der Waals surface area (Å²) < 4.78 is 0. The highest BCUT2D eigenvalue weighted by Gasteiger charge is 2.08. The molecule has 3 rings (SSSR count). The van der Waals surface area contributed by atoms with Gasteiger partial charge in [-0.15, -0.1) is 0 Å². The third-order valence-electron chi connectivity index (χ3n) is 4.07. The molecule has 2 amide bonds. The predicted octanol–water partition coefficient (Wildman–Crippen LogP) is 4.32. The van der Waals surface area contributed by atoms with Crippen molar-refractivity contribution in [3.05, 3.63) is 102 Å². The van der Waals surface area contributed by atoms with Crippen molar-refractivity contribution < 1.29 is 4.79 Å². The highest BCUT2D eigenvalue weighted by molar-refractivity contribution is 6.13. The first-order valence-corrected chi connectivity index (χ1v) is 9.11. The Morgan fingerprint density at radius 3 is 1.86 bits per heavy atom. The van der Waals surface area contributed by atoms with Crippen LogP contribution in [-0.2, 0) is 6.54 Å². The minimum atomic E-state index is -0.385. The van der Waals surface area contributed by atoms with Crippen LogP contribution in [0.25, 0.3) is 0 Å². The van der Waals surface area contributed by atoms with Gasteiger partial charge in [0.1, 0.15) is 0 Å². The summed E-state index contributed by atoms with van der Waals surface area (Å²) in [6, 6.07) is 26.9. The maximum Gasteiger partial charge on any atom is 0.339 e. The van der Waals surface area contributed by atoms with Gasteiger partial charge in [-0.05, 0) is 31.8 Å². The van der Waals surface area contributed by atoms with Gasteiger partial charge in [0.05, 0.1) is 5.71 Å². The molecule has 2 N–H and O–H groups in total. The van der Waals surface area contributed by atoms with Crippen molar-refractivity contribution >= 4 is 17.4 Å². The predicted molar refractivity (Wildman–Crippen MR) is 115 cm³/mol. The normalized spacial score (nSPS) is 10.4. The summed E-state index contributed by atoms with van der Waals surface area (Å²) >= 11 is 0. The topological polar surface area (TPSA) is 56.7 Å². The van der Waals surface area contributed by atoms with Crippen molar-refractivity contribution in [2.75, 3.05) is 19.4 Å². The number of urea groups is 1. The highest BCUT2D eigenvalue weighted by Crippen LogP contribution is 2.12. The van der Waals surface area contributed by atoms with Crippen LogP contribution >= 0.6 is 0 Å². The molecule has 0 atom stereocenters. The van der Waals surface area contributed by atoms with Gasteiger partial charge >= 0.3 is 6.03 Å². The number of benzene rings is 3. The Bertz CT molecular complexity index is 878. The monoisotopic (exact) mass is 372 g/mol. The van der Waals surface area contributed by atoms with Gasteiger partial charge in [-0.1, -0.05) is 72.8 Å². The lowest BCUT2D eigenvalue weighted by Crippen LogP contribution is -2.26. The number of carbonyl (C=O) groups excluding carboxylic acids is 1. The summed E-state index contributed by atoms with van der Waals surface area (Å²) in [5.74, 6) is 0. The number of hydrogen-bond acceptors (Lipinski definition) is 3. The van der Waals surface area contributed by atoms with Crippen molar-refractivity contribution in [2.24, 2.45) is 5.10 Å². The van der Waals surface area contributed by atoms with Crippen molar-refractivity contribution in [3.8, 4) is 0 Å². The van der Waals surface area contributed by atoms with E-state index in [1.165, 1.54) is 5.56 Å². The van der Waals surface area contributed by atoms with E-state index in [4.69, 9.17) is 0 Å². The van der Waals surface area contributed by atoms with Crippen molar-refractivity contribution in [2.45, 2.75) is 6.54 Å². The standard InChI is InChI=1S/C23H24N4O/c1-27(2)17-18-13-15-21(16-14-18)24-23(28)26-25-22(19-9-5-3-6-10-19)20-11-7-4-8-12-20/h3-16H,17H2,1-2H3,(H2,24,26,28). The number of rotatable bonds is 6. The van der Waals surface area contributed by atoms with E-state index in [1.807, 2.05) is 99.0 Å². The van der Waals surface area contributed by atoms with Crippen LogP contribution in [0.2, 0.25) is 0 Å². The quantitative estimate of drug-likeness (QED) is 0.500. The lowest BCUT2D eigenvalue weighted by molar-refractivity contribution is 0.252. The molecule has 0 heterocycles. The molecular weight excluding hydrogens is 348 g/mol. The minimum Gasteiger partial charge on any atom is -0.307 e. The molecule has 0 aliphatic carbocycles. The lowest BCUT2D eigenvalue weighted by Gasteiger charge is -2.11. The van der Waals surface area contributed by atoms with Crippen LogP contribution in [0.15, 0.2) is 90.0 Å². The number of anilines is 1. The van der Waals surface area contributed by atoms with E-state index < -0.39 is 0 Å². The van der Waals surface area contributed by atoms with Crippen LogP contribution < -0.4 is 10.7 Å². The fraction of sp³-hybridized carbons (Fsp3) is 0.130. The molecule has 0 unspecified atom stereocenters. The number of nitrogens with one attached hydrogen (secondary N) is 2. The molecule has 5 nitrogen and oxygen atoms in total. The van der Waals surface area contributed by atoms with E-state index in [2.05, 4.69) is 20.7 Å². The molecule has 28 heavy (non-hydrogen) atoms. The van der Waals surface area contributed by atoms with Crippen LogP contribution in [0, 0.1) is 0 Å². The Hall–Kier alpha value is -3.44. The molecule has 142 valence electrons. The molecule has 5 heteroatoms. The number of carbonyl (C=O) groups is 1. The second-order valence-corrected chi connectivity index (χ2v) is 6.69. The summed E-state index contributed by atoms with van der Waals surface area (Å²) in [5, 5.41) is 7.18. The average Bonchev–Trinajstić information content (AvgIpc) is 2.71. The van der Waals surface area contributed by atoms with Crippen LogP contribution in [0.3, 0.4) is 0 Å². The Morgan fingerprint density at radius 1 is 0.821 bits per heavy atom. The molecule has 0 fully saturated rings. The summed E-state index contributed by atoms with van der Waals surface area (Å²) in [7, 11) is 4.04. The van der Waals surface area contributed by atoms with Gasteiger partial charge in [0, 0.05) is 23.4 Å². The first-order valence-electron chi connectivity index (χ1n) is 9.11. The maximum absolute atomic E-state index is 12.3. The molecule has 0 spiro atoms. The molecule has 0 bridgehead atoms. The fourth-order valence-corrected chi connectivity index (χ4v) is 2.81. The van der Waals surface area contributed by atoms with Crippen LogP contribution in [0.4, 0.5) is 10.5 Å². The van der Waals surface area contributed by atoms with E-state index in [-0.39, 0.29) is 6.03 Å². The van der Waals surface area contributed by atoms with Gasteiger partial charge in [0.15, 0.2) is 0 Å². The SMILES string of the molecule is CN(C)Cc1ccc(NC(=O)NN=C(c2ccccc2)c2ccccc2)cc1. The fourth-order valence-electron chi connectivity index (χ4n) is 2.81. The van der Waals surface area contributed by atoms with Gasteiger partial charge in [-0.3, -0.25) is 0 Å². The third-order valence-corrected chi connectivity index (χ3v) is 4.07. The van der Waals surface area contributed by atoms with E-state index in [9.17, 15) is 4.79 Å². The zero-order chi connectivity index (χ0) is 19.8. The zero-order valence-electron chi connectivity index (χ0n) is 16.1. The Labute approximate surface area is 165 Å². The van der Waals surface area contributed by atoms with Gasteiger partial charge in [0.25, 0.3) is 0 Å². The second-order valence-electron chi connectivity index (χ2n) is 6.69. The van der Waals surface area contributed by atoms with Crippen molar-refractivity contribution in [1.82, 2.24) is 10.3 Å². The van der Waals surface area contributed by atoms with Gasteiger partial charge in [-0.25, -0.2) is 10.2 Å². The van der Waals surface area contributed by atoms with Crippen LogP contribution in [0.1, 0.15) is 16.7 Å². The smallest absolute Gasteiger partial charge is 0.307 e. The average molecular weight is 372 g/mol. The first-order chi connectivity index (χ1) is 13.6. The van der Waals surface area contributed by atoms with Crippen molar-refractivity contribution in [1.29, 1.82) is 0 Å². The molecule has 0 saturated carbocycles. The molecule has 0 radical (unpaired) electrons. The van der Waals surface area contributed by atoms with Crippen molar-refractivity contribution in [3.63, 3.8) is 0 Å². The highest BCUT2D eigenvalue weighted by atomic mass is 16.2. The van der Waals surface area contributed by atoms with E-state index in [0.717, 1.165) is 23.4 Å². The van der Waals surface area contributed by atoms with E-state index in [0.29, 0.717) is 5.71 Å². The summed E-state index contributed by atoms with van der Waals surface area (Å²) in [5.41, 5.74) is 7.08. The second kappa shape index (κ2) is 9.48. The summed E-state index contributed by atoms with van der Waals surface area (Å²) in [4.78, 5) is 14.4. The van der Waals surface area contributed by atoms with Gasteiger partial charge in [-0.2, -0.15) is 5.10 Å². The largest absolute Gasteiger partial charge is 0.339 e. The molecule has 0 saturated heterocycles. The van der Waals surface area contributed by atoms with Crippen LogP contribution in [-0.4, -0.2) is 30.7 Å². The maximum atomic E-state index is 12.3. The Kier molecular flexibility index (Phi) is 6.54. The molecule has 0 aliphatic rings. The Balaban J connectivity index is 1.71. The summed E-state index contributed by atoms with van der Waals surface area (Å²) in [6.45, 7) is 0.855.